The quantitative estimate of drug-likeness (QED) is 0.695. The second-order valence-corrected chi connectivity index (χ2v) is 7.45. The van der Waals surface area contributed by atoms with Crippen LogP contribution >= 0.6 is 0 Å². The number of phenolic OH excluding ortho intramolecular Hbond substituents is 1. The summed E-state index contributed by atoms with van der Waals surface area (Å²) in [6, 6.07) is 17.5. The minimum Gasteiger partial charge on any atom is -0.508 e. The van der Waals surface area contributed by atoms with Crippen LogP contribution in [0.5, 0.6) is 5.75 Å². The third-order valence-electron chi connectivity index (χ3n) is 5.49. The van der Waals surface area contributed by atoms with Gasteiger partial charge in [-0.1, -0.05) is 24.3 Å². The second-order valence-electron chi connectivity index (χ2n) is 7.45. The maximum Gasteiger partial charge on any atom is 0.254 e. The summed E-state index contributed by atoms with van der Waals surface area (Å²) in [5, 5.41) is 9.93. The van der Waals surface area contributed by atoms with Crippen LogP contribution in [0.3, 0.4) is 0 Å². The summed E-state index contributed by atoms with van der Waals surface area (Å²) in [6.07, 6.45) is 3.87. The van der Waals surface area contributed by atoms with Gasteiger partial charge in [-0.25, -0.2) is 0 Å². The predicted molar refractivity (Wildman–Crippen MR) is 110 cm³/mol. The fraction of sp³-hybridized carbons (Fsp3) is 0.250. The van der Waals surface area contributed by atoms with Gasteiger partial charge in [0.2, 0.25) is 0 Å². The van der Waals surface area contributed by atoms with Gasteiger partial charge in [0.05, 0.1) is 12.2 Å². The molecular formula is C24H24N2O2. The number of rotatable bonds is 5. The second kappa shape index (κ2) is 7.47. The number of aromatic hydroxyl groups is 1. The van der Waals surface area contributed by atoms with Crippen LogP contribution < -0.4 is 0 Å². The number of benzene rings is 2. The molecule has 0 unspecified atom stereocenters. The first-order valence-electron chi connectivity index (χ1n) is 9.65. The van der Waals surface area contributed by atoms with Crippen LogP contribution in [0.15, 0.2) is 60.8 Å². The Morgan fingerprint density at radius 2 is 1.89 bits per heavy atom. The van der Waals surface area contributed by atoms with Gasteiger partial charge in [-0.3, -0.25) is 9.78 Å². The number of phenols is 1. The number of carbonyl (C=O) groups excluding carboxylic acids is 1. The Labute approximate surface area is 165 Å². The molecule has 3 aromatic rings. The molecule has 0 aliphatic heterocycles. The molecule has 142 valence electrons. The Hall–Kier alpha value is -3.14. The minimum absolute atomic E-state index is 0.0446. The molecule has 4 rings (SSSR count). The third kappa shape index (κ3) is 3.63. The molecule has 0 atom stereocenters. The molecule has 28 heavy (non-hydrogen) atoms. The van der Waals surface area contributed by atoms with Crippen LogP contribution in [0.1, 0.15) is 40.0 Å². The molecule has 0 saturated heterocycles. The molecular weight excluding hydrogens is 348 g/mol. The lowest BCUT2D eigenvalue weighted by Crippen LogP contribution is -2.32. The van der Waals surface area contributed by atoms with Gasteiger partial charge in [0.25, 0.3) is 5.91 Å². The molecule has 1 saturated carbocycles. The normalized spacial score (nSPS) is 13.4. The van der Waals surface area contributed by atoms with Gasteiger partial charge in [0.15, 0.2) is 0 Å². The van der Waals surface area contributed by atoms with E-state index in [2.05, 4.69) is 4.98 Å². The van der Waals surface area contributed by atoms with Crippen LogP contribution in [0, 0.1) is 13.8 Å². The van der Waals surface area contributed by atoms with Crippen LogP contribution in [-0.2, 0) is 6.54 Å². The summed E-state index contributed by atoms with van der Waals surface area (Å²) in [7, 11) is 0. The van der Waals surface area contributed by atoms with Crippen molar-refractivity contribution in [3.8, 4) is 16.9 Å². The largest absolute Gasteiger partial charge is 0.508 e. The van der Waals surface area contributed by atoms with Crippen molar-refractivity contribution < 1.29 is 9.90 Å². The first-order valence-corrected chi connectivity index (χ1v) is 9.65. The third-order valence-corrected chi connectivity index (χ3v) is 5.49. The van der Waals surface area contributed by atoms with Gasteiger partial charge in [-0.2, -0.15) is 0 Å². The highest BCUT2D eigenvalue weighted by atomic mass is 16.3. The highest BCUT2D eigenvalue weighted by Crippen LogP contribution is 2.33. The zero-order chi connectivity index (χ0) is 19.7. The fourth-order valence-corrected chi connectivity index (χ4v) is 3.52. The maximum atomic E-state index is 13.3. The van der Waals surface area contributed by atoms with E-state index in [-0.39, 0.29) is 5.91 Å². The van der Waals surface area contributed by atoms with Gasteiger partial charge < -0.3 is 10.0 Å². The molecule has 2 aromatic carbocycles. The molecule has 1 fully saturated rings. The molecule has 1 aliphatic rings. The van der Waals surface area contributed by atoms with Gasteiger partial charge in [-0.05, 0) is 79.3 Å². The number of hydrogen-bond acceptors (Lipinski definition) is 3. The molecule has 0 spiro atoms. The monoisotopic (exact) mass is 372 g/mol. The lowest BCUT2D eigenvalue weighted by atomic mass is 9.95. The SMILES string of the molecule is Cc1c(O)ccc(-c2cccc(C(=O)N(Cc3ccccn3)C3CC3)c2)c1C. The fourth-order valence-electron chi connectivity index (χ4n) is 3.52. The van der Waals surface area contributed by atoms with E-state index >= 15 is 0 Å². The van der Waals surface area contributed by atoms with E-state index in [1.165, 1.54) is 0 Å². The highest BCUT2D eigenvalue weighted by molar-refractivity contribution is 5.96. The minimum atomic E-state index is 0.0446. The Balaban J connectivity index is 1.65. The van der Waals surface area contributed by atoms with E-state index in [0.717, 1.165) is 40.8 Å². The van der Waals surface area contributed by atoms with Crippen molar-refractivity contribution in [3.05, 3.63) is 83.2 Å². The van der Waals surface area contributed by atoms with E-state index in [1.54, 1.807) is 12.3 Å². The van der Waals surface area contributed by atoms with E-state index in [1.807, 2.05) is 67.3 Å². The Morgan fingerprint density at radius 3 is 2.61 bits per heavy atom. The molecule has 1 amide bonds. The number of aromatic nitrogens is 1. The molecule has 4 heteroatoms. The van der Waals surface area contributed by atoms with Gasteiger partial charge in [0, 0.05) is 17.8 Å². The number of pyridine rings is 1. The Kier molecular flexibility index (Phi) is 4.86. The van der Waals surface area contributed by atoms with E-state index < -0.39 is 0 Å². The smallest absolute Gasteiger partial charge is 0.254 e. The summed E-state index contributed by atoms with van der Waals surface area (Å²) in [4.78, 5) is 19.6. The lowest BCUT2D eigenvalue weighted by Gasteiger charge is -2.22. The first-order chi connectivity index (χ1) is 13.5. The molecule has 1 aliphatic carbocycles. The van der Waals surface area contributed by atoms with Crippen molar-refractivity contribution >= 4 is 5.91 Å². The summed E-state index contributed by atoms with van der Waals surface area (Å²) < 4.78 is 0. The average molecular weight is 372 g/mol. The lowest BCUT2D eigenvalue weighted by molar-refractivity contribution is 0.0728. The molecule has 1 aromatic heterocycles. The van der Waals surface area contributed by atoms with Gasteiger partial charge >= 0.3 is 0 Å². The van der Waals surface area contributed by atoms with Crippen LogP contribution in [0.2, 0.25) is 0 Å². The predicted octanol–water partition coefficient (Wildman–Crippen LogP) is 4.88. The molecule has 4 nitrogen and oxygen atoms in total. The average Bonchev–Trinajstić information content (AvgIpc) is 3.56. The zero-order valence-electron chi connectivity index (χ0n) is 16.2. The standard InChI is InChI=1S/C24H24N2O2/c1-16-17(2)23(27)12-11-22(16)18-6-5-7-19(14-18)24(28)26(21-9-10-21)15-20-8-3-4-13-25-20/h3-8,11-14,21,27H,9-10,15H2,1-2H3. The summed E-state index contributed by atoms with van der Waals surface area (Å²) in [5.41, 5.74) is 5.50. The number of amides is 1. The van der Waals surface area contributed by atoms with Crippen molar-refractivity contribution in [3.63, 3.8) is 0 Å². The zero-order valence-corrected chi connectivity index (χ0v) is 16.2. The van der Waals surface area contributed by atoms with Crippen molar-refractivity contribution in [2.75, 3.05) is 0 Å². The van der Waals surface area contributed by atoms with Gasteiger partial charge in [-0.15, -0.1) is 0 Å². The summed E-state index contributed by atoms with van der Waals surface area (Å²) in [6.45, 7) is 4.44. The number of carbonyl (C=O) groups is 1. The van der Waals surface area contributed by atoms with Crippen molar-refractivity contribution in [2.24, 2.45) is 0 Å². The summed E-state index contributed by atoms with van der Waals surface area (Å²) in [5.74, 6) is 0.340. The summed E-state index contributed by atoms with van der Waals surface area (Å²) >= 11 is 0. The van der Waals surface area contributed by atoms with Crippen molar-refractivity contribution in [1.29, 1.82) is 0 Å². The van der Waals surface area contributed by atoms with Crippen LogP contribution in [-0.4, -0.2) is 26.9 Å². The number of hydrogen-bond donors (Lipinski definition) is 1. The van der Waals surface area contributed by atoms with Crippen LogP contribution in [0.25, 0.3) is 11.1 Å². The molecule has 1 heterocycles. The van der Waals surface area contributed by atoms with E-state index in [9.17, 15) is 9.90 Å². The van der Waals surface area contributed by atoms with Crippen molar-refractivity contribution in [1.82, 2.24) is 9.88 Å². The van der Waals surface area contributed by atoms with Crippen LogP contribution in [0.4, 0.5) is 0 Å². The Morgan fingerprint density at radius 1 is 1.07 bits per heavy atom. The first kappa shape index (κ1) is 18.2. The van der Waals surface area contributed by atoms with Crippen molar-refractivity contribution in [2.45, 2.75) is 39.3 Å². The highest BCUT2D eigenvalue weighted by Gasteiger charge is 2.33. The topological polar surface area (TPSA) is 53.4 Å². The Bertz CT molecular complexity index is 1010. The molecule has 1 N–H and O–H groups in total. The maximum absolute atomic E-state index is 13.3. The number of nitrogens with zero attached hydrogens (tertiary/aromatic N) is 2. The van der Waals surface area contributed by atoms with E-state index in [4.69, 9.17) is 0 Å². The molecule has 0 bridgehead atoms. The van der Waals surface area contributed by atoms with Gasteiger partial charge in [0.1, 0.15) is 5.75 Å². The van der Waals surface area contributed by atoms with E-state index in [0.29, 0.717) is 23.9 Å². The molecule has 0 radical (unpaired) electrons.